The van der Waals surface area contributed by atoms with Crippen molar-refractivity contribution >= 4 is 0 Å². The monoisotopic (exact) mass is 438 g/mol. The van der Waals surface area contributed by atoms with Crippen molar-refractivity contribution in [3.8, 4) is 44.5 Å². The second kappa shape index (κ2) is 9.15. The number of benzene rings is 5. The molecule has 0 N–H and O–H groups in total. The summed E-state index contributed by atoms with van der Waals surface area (Å²) in [6.45, 7) is 6.81. The Bertz CT molecular complexity index is 1350. The van der Waals surface area contributed by atoms with E-state index in [1.807, 2.05) is 0 Å². The van der Waals surface area contributed by atoms with Crippen LogP contribution in [0.5, 0.6) is 0 Å². The average molecular weight is 439 g/mol. The topological polar surface area (TPSA) is 0 Å². The summed E-state index contributed by atoms with van der Waals surface area (Å²) in [4.78, 5) is 0. The highest BCUT2D eigenvalue weighted by Gasteiger charge is 2.16. The SMILES string of the molecule is CC(C)(C)c1cccc(-c2cccc(-c3c(-c4ccccc4)cccc3-c3ccccc3)c2)c1. The van der Waals surface area contributed by atoms with Crippen LogP contribution in [-0.2, 0) is 5.41 Å². The summed E-state index contributed by atoms with van der Waals surface area (Å²) in [5.41, 5.74) is 11.4. The van der Waals surface area contributed by atoms with Gasteiger partial charge in [0.1, 0.15) is 0 Å². The second-order valence-electron chi connectivity index (χ2n) is 9.87. The Morgan fingerprint density at radius 3 is 1.38 bits per heavy atom. The lowest BCUT2D eigenvalue weighted by Gasteiger charge is -2.20. The molecule has 0 radical (unpaired) electrons. The fourth-order valence-corrected chi connectivity index (χ4v) is 4.60. The Kier molecular flexibility index (Phi) is 5.90. The molecule has 0 aliphatic heterocycles. The predicted octanol–water partition coefficient (Wildman–Crippen LogP) is 9.65. The van der Waals surface area contributed by atoms with Crippen molar-refractivity contribution in [2.24, 2.45) is 0 Å². The van der Waals surface area contributed by atoms with Crippen LogP contribution in [0.15, 0.2) is 127 Å². The van der Waals surface area contributed by atoms with E-state index in [4.69, 9.17) is 0 Å². The van der Waals surface area contributed by atoms with Crippen molar-refractivity contribution < 1.29 is 0 Å². The largest absolute Gasteiger partial charge is 0.0622 e. The molecule has 0 saturated carbocycles. The molecule has 0 heteroatoms. The maximum atomic E-state index is 2.34. The van der Waals surface area contributed by atoms with Gasteiger partial charge in [0.15, 0.2) is 0 Å². The van der Waals surface area contributed by atoms with Crippen molar-refractivity contribution in [3.63, 3.8) is 0 Å². The van der Waals surface area contributed by atoms with Crippen molar-refractivity contribution in [1.29, 1.82) is 0 Å². The molecule has 166 valence electrons. The summed E-state index contributed by atoms with van der Waals surface area (Å²) in [6.07, 6.45) is 0. The Morgan fingerprint density at radius 2 is 0.824 bits per heavy atom. The minimum atomic E-state index is 0.119. The number of hydrogen-bond donors (Lipinski definition) is 0. The van der Waals surface area contributed by atoms with Crippen LogP contribution < -0.4 is 0 Å². The lowest BCUT2D eigenvalue weighted by Crippen LogP contribution is -2.10. The van der Waals surface area contributed by atoms with Crippen LogP contribution in [0.25, 0.3) is 44.5 Å². The molecule has 0 saturated heterocycles. The molecule has 0 aliphatic carbocycles. The molecule has 0 aliphatic rings. The van der Waals surface area contributed by atoms with Gasteiger partial charge in [-0.15, -0.1) is 0 Å². The summed E-state index contributed by atoms with van der Waals surface area (Å²) >= 11 is 0. The fourth-order valence-electron chi connectivity index (χ4n) is 4.60. The zero-order chi connectivity index (χ0) is 23.5. The van der Waals surface area contributed by atoms with Crippen LogP contribution in [0.4, 0.5) is 0 Å². The lowest BCUT2D eigenvalue weighted by molar-refractivity contribution is 0.590. The van der Waals surface area contributed by atoms with Crippen molar-refractivity contribution in [1.82, 2.24) is 0 Å². The molecule has 5 rings (SSSR count). The van der Waals surface area contributed by atoms with E-state index in [2.05, 4.69) is 148 Å². The van der Waals surface area contributed by atoms with E-state index in [-0.39, 0.29) is 5.41 Å². The lowest BCUT2D eigenvalue weighted by atomic mass is 9.84. The molecule has 0 spiro atoms. The summed E-state index contributed by atoms with van der Waals surface area (Å²) < 4.78 is 0. The molecule has 0 heterocycles. The normalized spacial score (nSPS) is 11.4. The molecule has 5 aromatic rings. The molecular formula is C34H30. The van der Waals surface area contributed by atoms with E-state index in [0.717, 1.165) is 0 Å². The van der Waals surface area contributed by atoms with Crippen molar-refractivity contribution in [2.75, 3.05) is 0 Å². The van der Waals surface area contributed by atoms with Crippen molar-refractivity contribution in [2.45, 2.75) is 26.2 Å². The Morgan fingerprint density at radius 1 is 0.382 bits per heavy atom. The quantitative estimate of drug-likeness (QED) is 0.262. The van der Waals surface area contributed by atoms with Crippen LogP contribution >= 0.6 is 0 Å². The van der Waals surface area contributed by atoms with Gasteiger partial charge in [0, 0.05) is 0 Å². The van der Waals surface area contributed by atoms with Gasteiger partial charge in [-0.1, -0.05) is 142 Å². The molecule has 0 bridgehead atoms. The first-order valence-corrected chi connectivity index (χ1v) is 12.0. The van der Waals surface area contributed by atoms with E-state index >= 15 is 0 Å². The highest BCUT2D eigenvalue weighted by atomic mass is 14.2. The van der Waals surface area contributed by atoms with E-state index in [1.54, 1.807) is 0 Å². The van der Waals surface area contributed by atoms with Gasteiger partial charge in [-0.3, -0.25) is 0 Å². The van der Waals surface area contributed by atoms with Crippen molar-refractivity contribution in [3.05, 3.63) is 133 Å². The third-order valence-corrected chi connectivity index (χ3v) is 6.45. The predicted molar refractivity (Wildman–Crippen MR) is 147 cm³/mol. The Balaban J connectivity index is 1.72. The minimum absolute atomic E-state index is 0.119. The Hall–Kier alpha value is -3.90. The van der Waals surface area contributed by atoms with Crippen LogP contribution in [-0.4, -0.2) is 0 Å². The van der Waals surface area contributed by atoms with Gasteiger partial charge in [-0.2, -0.15) is 0 Å². The molecule has 0 amide bonds. The van der Waals surface area contributed by atoms with Gasteiger partial charge >= 0.3 is 0 Å². The van der Waals surface area contributed by atoms with E-state index in [9.17, 15) is 0 Å². The van der Waals surface area contributed by atoms with Crippen LogP contribution in [0.1, 0.15) is 26.3 Å². The van der Waals surface area contributed by atoms with Crippen LogP contribution in [0.2, 0.25) is 0 Å². The summed E-state index contributed by atoms with van der Waals surface area (Å²) in [7, 11) is 0. The third kappa shape index (κ3) is 4.45. The average Bonchev–Trinajstić information content (AvgIpc) is 2.89. The first kappa shape index (κ1) is 21.9. The molecule has 5 aromatic carbocycles. The van der Waals surface area contributed by atoms with Gasteiger partial charge in [0.2, 0.25) is 0 Å². The van der Waals surface area contributed by atoms with E-state index < -0.39 is 0 Å². The first-order chi connectivity index (χ1) is 16.5. The fraction of sp³-hybridized carbons (Fsp3) is 0.118. The van der Waals surface area contributed by atoms with Gasteiger partial charge in [-0.05, 0) is 61.6 Å². The highest BCUT2D eigenvalue weighted by molar-refractivity contribution is 5.95. The standard InChI is InChI=1S/C34H30/c1-34(2,3)30-20-11-18-28(24-30)27-17-10-19-29(23-27)33-31(25-13-6-4-7-14-25)21-12-22-32(33)26-15-8-5-9-16-26/h4-24H,1-3H3. The molecule has 0 unspecified atom stereocenters. The van der Waals surface area contributed by atoms with Gasteiger partial charge in [0.05, 0.1) is 0 Å². The van der Waals surface area contributed by atoms with Gasteiger partial charge < -0.3 is 0 Å². The van der Waals surface area contributed by atoms with Crippen LogP contribution in [0.3, 0.4) is 0 Å². The molecule has 0 atom stereocenters. The molecular weight excluding hydrogens is 408 g/mol. The maximum absolute atomic E-state index is 2.34. The molecule has 0 fully saturated rings. The summed E-state index contributed by atoms with van der Waals surface area (Å²) in [5.74, 6) is 0. The summed E-state index contributed by atoms with van der Waals surface area (Å²) in [6, 6.07) is 46.0. The third-order valence-electron chi connectivity index (χ3n) is 6.45. The smallest absolute Gasteiger partial charge is 0.00266 e. The molecule has 0 aromatic heterocycles. The number of hydrogen-bond acceptors (Lipinski definition) is 0. The molecule has 0 nitrogen and oxygen atoms in total. The summed E-state index contributed by atoms with van der Waals surface area (Å²) in [5, 5.41) is 0. The minimum Gasteiger partial charge on any atom is -0.0622 e. The highest BCUT2D eigenvalue weighted by Crippen LogP contribution is 2.41. The van der Waals surface area contributed by atoms with Gasteiger partial charge in [-0.25, -0.2) is 0 Å². The van der Waals surface area contributed by atoms with Crippen LogP contribution in [0, 0.1) is 0 Å². The Labute approximate surface area is 203 Å². The maximum Gasteiger partial charge on any atom is -0.00266 e. The zero-order valence-corrected chi connectivity index (χ0v) is 20.1. The van der Waals surface area contributed by atoms with E-state index in [0.29, 0.717) is 0 Å². The van der Waals surface area contributed by atoms with Gasteiger partial charge in [0.25, 0.3) is 0 Å². The van der Waals surface area contributed by atoms with E-state index in [1.165, 1.54) is 50.1 Å². The first-order valence-electron chi connectivity index (χ1n) is 12.0. The number of rotatable bonds is 4. The zero-order valence-electron chi connectivity index (χ0n) is 20.1. The molecule has 34 heavy (non-hydrogen) atoms. The second-order valence-corrected chi connectivity index (χ2v) is 9.87.